The first kappa shape index (κ1) is 14.9. The van der Waals surface area contributed by atoms with Crippen LogP contribution in [0.4, 0.5) is 0 Å². The Hall–Kier alpha value is -0.470. The standard InChI is InChI=1S/C12H20N2O3S2/c1-9-8-12(11(3)18-9)10(2)13-19(15,16)14-4-6-17-7-5-14/h8,10,13H,4-7H2,1-3H3. The number of hydrogen-bond donors (Lipinski definition) is 1. The van der Waals surface area contributed by atoms with Gasteiger partial charge in [-0.2, -0.15) is 17.4 Å². The van der Waals surface area contributed by atoms with Crippen LogP contribution in [0.15, 0.2) is 6.07 Å². The summed E-state index contributed by atoms with van der Waals surface area (Å²) in [7, 11) is -3.43. The third kappa shape index (κ3) is 3.55. The second-order valence-electron chi connectivity index (χ2n) is 4.72. The van der Waals surface area contributed by atoms with Gasteiger partial charge in [-0.1, -0.05) is 0 Å². The summed E-state index contributed by atoms with van der Waals surface area (Å²) in [5.74, 6) is 0. The van der Waals surface area contributed by atoms with Gasteiger partial charge in [0.1, 0.15) is 0 Å². The molecule has 7 heteroatoms. The average Bonchev–Trinajstić information content (AvgIpc) is 2.69. The van der Waals surface area contributed by atoms with Crippen LogP contribution in [0.2, 0.25) is 0 Å². The number of thiophene rings is 1. The van der Waals surface area contributed by atoms with E-state index in [9.17, 15) is 8.42 Å². The lowest BCUT2D eigenvalue weighted by molar-refractivity contribution is 0.0723. The molecule has 0 aromatic carbocycles. The zero-order chi connectivity index (χ0) is 14.0. The fraction of sp³-hybridized carbons (Fsp3) is 0.667. The first-order valence-electron chi connectivity index (χ1n) is 6.32. The molecule has 108 valence electrons. The molecule has 0 saturated carbocycles. The van der Waals surface area contributed by atoms with Crippen LogP contribution in [0, 0.1) is 13.8 Å². The fourth-order valence-corrected chi connectivity index (χ4v) is 4.60. The van der Waals surface area contributed by atoms with Crippen molar-refractivity contribution in [1.29, 1.82) is 0 Å². The van der Waals surface area contributed by atoms with Gasteiger partial charge in [0, 0.05) is 28.9 Å². The molecule has 0 bridgehead atoms. The minimum atomic E-state index is -3.43. The molecule has 1 aliphatic rings. The van der Waals surface area contributed by atoms with E-state index in [2.05, 4.69) is 4.72 Å². The summed E-state index contributed by atoms with van der Waals surface area (Å²) in [5, 5.41) is 0. The summed E-state index contributed by atoms with van der Waals surface area (Å²) < 4.78 is 33.9. The van der Waals surface area contributed by atoms with Crippen molar-refractivity contribution in [3.05, 3.63) is 21.4 Å². The summed E-state index contributed by atoms with van der Waals surface area (Å²) in [6.07, 6.45) is 0. The number of aryl methyl sites for hydroxylation is 2. The monoisotopic (exact) mass is 304 g/mol. The molecule has 0 radical (unpaired) electrons. The van der Waals surface area contributed by atoms with Crippen molar-refractivity contribution in [2.45, 2.75) is 26.8 Å². The molecule has 0 amide bonds. The molecule has 19 heavy (non-hydrogen) atoms. The minimum Gasteiger partial charge on any atom is -0.379 e. The van der Waals surface area contributed by atoms with Gasteiger partial charge in [0.2, 0.25) is 0 Å². The molecule has 1 unspecified atom stereocenters. The maximum absolute atomic E-state index is 12.3. The van der Waals surface area contributed by atoms with Crippen LogP contribution >= 0.6 is 11.3 Å². The smallest absolute Gasteiger partial charge is 0.280 e. The SMILES string of the molecule is Cc1cc(C(C)NS(=O)(=O)N2CCOCC2)c(C)s1. The third-order valence-corrected chi connectivity index (χ3v) is 5.86. The van der Waals surface area contributed by atoms with Gasteiger partial charge in [-0.25, -0.2) is 0 Å². The lowest BCUT2D eigenvalue weighted by Crippen LogP contribution is -2.47. The van der Waals surface area contributed by atoms with Crippen LogP contribution in [0.25, 0.3) is 0 Å². The van der Waals surface area contributed by atoms with Gasteiger partial charge >= 0.3 is 0 Å². The second-order valence-corrected chi connectivity index (χ2v) is 7.89. The molecule has 1 atom stereocenters. The number of rotatable bonds is 4. The Morgan fingerprint density at radius 1 is 1.37 bits per heavy atom. The molecule has 1 aromatic heterocycles. The first-order valence-corrected chi connectivity index (χ1v) is 8.58. The summed E-state index contributed by atoms with van der Waals surface area (Å²) in [4.78, 5) is 2.36. The molecule has 1 fully saturated rings. The predicted molar refractivity (Wildman–Crippen MR) is 76.7 cm³/mol. The fourth-order valence-electron chi connectivity index (χ4n) is 2.23. The van der Waals surface area contributed by atoms with Gasteiger partial charge in [-0.3, -0.25) is 0 Å². The van der Waals surface area contributed by atoms with E-state index >= 15 is 0 Å². The molecule has 1 aromatic rings. The highest BCUT2D eigenvalue weighted by atomic mass is 32.2. The molecule has 1 N–H and O–H groups in total. The molecule has 1 saturated heterocycles. The van der Waals surface area contributed by atoms with Crippen molar-refractivity contribution in [2.24, 2.45) is 0 Å². The number of morpholine rings is 1. The van der Waals surface area contributed by atoms with Crippen molar-refractivity contribution >= 4 is 21.5 Å². The van der Waals surface area contributed by atoms with E-state index in [1.54, 1.807) is 11.3 Å². The number of nitrogens with one attached hydrogen (secondary N) is 1. The molecule has 0 aliphatic carbocycles. The largest absolute Gasteiger partial charge is 0.379 e. The van der Waals surface area contributed by atoms with E-state index in [4.69, 9.17) is 4.74 Å². The Bertz CT molecular complexity index is 533. The van der Waals surface area contributed by atoms with E-state index in [0.29, 0.717) is 26.3 Å². The quantitative estimate of drug-likeness (QED) is 0.919. The van der Waals surface area contributed by atoms with Crippen LogP contribution in [0.3, 0.4) is 0 Å². The van der Waals surface area contributed by atoms with E-state index in [-0.39, 0.29) is 6.04 Å². The van der Waals surface area contributed by atoms with Gasteiger partial charge in [0.25, 0.3) is 10.2 Å². The molecule has 2 rings (SSSR count). The highest BCUT2D eigenvalue weighted by Crippen LogP contribution is 2.26. The summed E-state index contributed by atoms with van der Waals surface area (Å²) >= 11 is 1.69. The van der Waals surface area contributed by atoms with Crippen molar-refractivity contribution in [3.63, 3.8) is 0 Å². The summed E-state index contributed by atoms with van der Waals surface area (Å²) in [6.45, 7) is 7.70. The normalized spacial score (nSPS) is 19.5. The van der Waals surface area contributed by atoms with Crippen molar-refractivity contribution < 1.29 is 13.2 Å². The molecule has 2 heterocycles. The van der Waals surface area contributed by atoms with Crippen LogP contribution < -0.4 is 4.72 Å². The van der Waals surface area contributed by atoms with Crippen molar-refractivity contribution in [2.75, 3.05) is 26.3 Å². The van der Waals surface area contributed by atoms with E-state index in [1.807, 2.05) is 26.8 Å². The van der Waals surface area contributed by atoms with Gasteiger partial charge in [-0.15, -0.1) is 11.3 Å². The van der Waals surface area contributed by atoms with Crippen molar-refractivity contribution in [1.82, 2.24) is 9.03 Å². The Morgan fingerprint density at radius 3 is 2.53 bits per heavy atom. The Morgan fingerprint density at radius 2 is 2.00 bits per heavy atom. The van der Waals surface area contributed by atoms with Crippen LogP contribution in [0.1, 0.15) is 28.3 Å². The molecular weight excluding hydrogens is 284 g/mol. The lowest BCUT2D eigenvalue weighted by Gasteiger charge is -2.27. The Labute approximate surface area is 118 Å². The van der Waals surface area contributed by atoms with E-state index in [1.165, 1.54) is 9.18 Å². The summed E-state index contributed by atoms with van der Waals surface area (Å²) in [5.41, 5.74) is 1.05. The van der Waals surface area contributed by atoms with E-state index in [0.717, 1.165) is 10.4 Å². The zero-order valence-corrected chi connectivity index (χ0v) is 13.1. The third-order valence-electron chi connectivity index (χ3n) is 3.18. The van der Waals surface area contributed by atoms with Gasteiger partial charge in [0.15, 0.2) is 0 Å². The maximum Gasteiger partial charge on any atom is 0.280 e. The highest BCUT2D eigenvalue weighted by molar-refractivity contribution is 7.87. The highest BCUT2D eigenvalue weighted by Gasteiger charge is 2.26. The Kier molecular flexibility index (Phi) is 4.62. The molecule has 5 nitrogen and oxygen atoms in total. The minimum absolute atomic E-state index is 0.210. The van der Waals surface area contributed by atoms with Crippen molar-refractivity contribution in [3.8, 4) is 0 Å². The number of ether oxygens (including phenoxy) is 1. The molecule has 1 aliphatic heterocycles. The van der Waals surface area contributed by atoms with Gasteiger partial charge in [-0.05, 0) is 32.4 Å². The summed E-state index contributed by atoms with van der Waals surface area (Å²) in [6, 6.07) is 1.84. The lowest BCUT2D eigenvalue weighted by atomic mass is 10.1. The topological polar surface area (TPSA) is 58.6 Å². The number of hydrogen-bond acceptors (Lipinski definition) is 4. The molecular formula is C12H20N2O3S2. The second kappa shape index (κ2) is 5.88. The first-order chi connectivity index (χ1) is 8.90. The average molecular weight is 304 g/mol. The Balaban J connectivity index is 2.09. The zero-order valence-electron chi connectivity index (χ0n) is 11.5. The van der Waals surface area contributed by atoms with Crippen LogP contribution in [0.5, 0.6) is 0 Å². The number of nitrogens with zero attached hydrogens (tertiary/aromatic N) is 1. The van der Waals surface area contributed by atoms with E-state index < -0.39 is 10.2 Å². The molecule has 0 spiro atoms. The van der Waals surface area contributed by atoms with Gasteiger partial charge in [0.05, 0.1) is 13.2 Å². The van der Waals surface area contributed by atoms with Crippen LogP contribution in [-0.4, -0.2) is 39.0 Å². The van der Waals surface area contributed by atoms with Gasteiger partial charge < -0.3 is 4.74 Å². The predicted octanol–water partition coefficient (Wildman–Crippen LogP) is 1.59. The maximum atomic E-state index is 12.3. The van der Waals surface area contributed by atoms with Crippen LogP contribution in [-0.2, 0) is 14.9 Å².